The lowest BCUT2D eigenvalue weighted by Crippen LogP contribution is -2.45. The van der Waals surface area contributed by atoms with E-state index >= 15 is 0 Å². The summed E-state index contributed by atoms with van der Waals surface area (Å²) in [5.41, 5.74) is 0.153. The predicted octanol–water partition coefficient (Wildman–Crippen LogP) is 3.61. The largest absolute Gasteiger partial charge is 0.355 e. The highest BCUT2D eigenvalue weighted by Gasteiger charge is 2.41. The number of thiol groups is 1. The Morgan fingerprint density at radius 1 is 1.37 bits per heavy atom. The lowest BCUT2D eigenvalue weighted by molar-refractivity contribution is -0.132. The van der Waals surface area contributed by atoms with E-state index in [0.717, 1.165) is 12.3 Å². The van der Waals surface area contributed by atoms with Crippen molar-refractivity contribution in [3.05, 3.63) is 23.0 Å². The molecule has 1 N–H and O–H groups in total. The Hall–Kier alpha value is -0.700. The van der Waals surface area contributed by atoms with Crippen LogP contribution in [0, 0.1) is 17.3 Å². The molecule has 1 aliphatic carbocycles. The Bertz CT molecular complexity index is 374. The van der Waals surface area contributed by atoms with Crippen LogP contribution in [0.15, 0.2) is 23.0 Å². The summed E-state index contributed by atoms with van der Waals surface area (Å²) in [5, 5.41) is 7.69. The third-order valence-corrected chi connectivity index (χ3v) is 6.36. The van der Waals surface area contributed by atoms with E-state index in [4.69, 9.17) is 0 Å². The number of allylic oxidation sites excluding steroid dienone is 2. The van der Waals surface area contributed by atoms with Crippen LogP contribution in [0.25, 0.3) is 0 Å². The van der Waals surface area contributed by atoms with Crippen molar-refractivity contribution in [1.82, 2.24) is 5.32 Å². The molecule has 0 saturated heterocycles. The molecule has 2 atom stereocenters. The molecule has 1 heterocycles. The predicted molar refractivity (Wildman–Crippen MR) is 85.4 cm³/mol. The van der Waals surface area contributed by atoms with E-state index < -0.39 is 0 Å². The molecule has 0 spiro atoms. The van der Waals surface area contributed by atoms with E-state index in [1.807, 2.05) is 0 Å². The summed E-state index contributed by atoms with van der Waals surface area (Å²) in [5.74, 6) is 2.05. The second-order valence-electron chi connectivity index (χ2n) is 6.55. The van der Waals surface area contributed by atoms with Crippen LogP contribution >= 0.6 is 10.9 Å². The lowest BCUT2D eigenvalue weighted by Gasteiger charge is -2.41. The fraction of sp³-hybridized carbons (Fsp3) is 0.688. The molecule has 1 amide bonds. The Balaban J connectivity index is 1.83. The molecule has 108 valence electrons. The second kappa shape index (κ2) is 6.17. The van der Waals surface area contributed by atoms with Gasteiger partial charge in [0.15, 0.2) is 0 Å². The van der Waals surface area contributed by atoms with Crippen LogP contribution in [0.4, 0.5) is 0 Å². The summed E-state index contributed by atoms with van der Waals surface area (Å²) in [7, 11) is -0.104. The van der Waals surface area contributed by atoms with Gasteiger partial charge in [0.2, 0.25) is 5.91 Å². The van der Waals surface area contributed by atoms with Crippen LogP contribution < -0.4 is 5.32 Å². The SMILES string of the molecule is C[C@@H]1CCCC(C)(C)[C@H]1C(=O)NCC[SH]1C=CC=C1. The molecule has 1 aliphatic heterocycles. The van der Waals surface area contributed by atoms with Crippen molar-refractivity contribution in [3.63, 3.8) is 0 Å². The van der Waals surface area contributed by atoms with Gasteiger partial charge in [0.1, 0.15) is 0 Å². The minimum Gasteiger partial charge on any atom is -0.355 e. The average molecular weight is 281 g/mol. The van der Waals surface area contributed by atoms with Gasteiger partial charge in [-0.2, -0.15) is 0 Å². The van der Waals surface area contributed by atoms with Crippen LogP contribution in [-0.2, 0) is 4.79 Å². The van der Waals surface area contributed by atoms with E-state index in [9.17, 15) is 4.79 Å². The van der Waals surface area contributed by atoms with E-state index in [1.165, 1.54) is 19.3 Å². The van der Waals surface area contributed by atoms with Crippen LogP contribution in [0.2, 0.25) is 0 Å². The quantitative estimate of drug-likeness (QED) is 0.757. The molecule has 1 fully saturated rings. The van der Waals surface area contributed by atoms with Gasteiger partial charge in [0, 0.05) is 12.5 Å². The van der Waals surface area contributed by atoms with Gasteiger partial charge in [-0.25, -0.2) is 10.9 Å². The molecule has 0 radical (unpaired) electrons. The summed E-state index contributed by atoms with van der Waals surface area (Å²) >= 11 is 0. The number of hydrogen-bond acceptors (Lipinski definition) is 1. The van der Waals surface area contributed by atoms with Crippen molar-refractivity contribution in [1.29, 1.82) is 0 Å². The maximum absolute atomic E-state index is 12.5. The topological polar surface area (TPSA) is 29.1 Å². The fourth-order valence-electron chi connectivity index (χ4n) is 3.52. The molecule has 2 aliphatic rings. The number of hydrogen-bond donors (Lipinski definition) is 2. The Kier molecular flexibility index (Phi) is 4.77. The molecular formula is C16H27NOS. The maximum atomic E-state index is 12.5. The van der Waals surface area contributed by atoms with Gasteiger partial charge in [-0.15, -0.1) is 0 Å². The minimum atomic E-state index is -0.104. The van der Waals surface area contributed by atoms with Crippen LogP contribution in [0.1, 0.15) is 40.0 Å². The summed E-state index contributed by atoms with van der Waals surface area (Å²) in [6, 6.07) is 0. The zero-order chi connectivity index (χ0) is 13.9. The van der Waals surface area contributed by atoms with E-state index in [0.29, 0.717) is 5.92 Å². The maximum Gasteiger partial charge on any atom is 0.223 e. The van der Waals surface area contributed by atoms with Gasteiger partial charge in [-0.1, -0.05) is 39.3 Å². The monoisotopic (exact) mass is 281 g/mol. The highest BCUT2D eigenvalue weighted by molar-refractivity contribution is 8.22. The Morgan fingerprint density at radius 2 is 2.05 bits per heavy atom. The summed E-state index contributed by atoms with van der Waals surface area (Å²) in [6.45, 7) is 7.55. The second-order valence-corrected chi connectivity index (χ2v) is 8.62. The van der Waals surface area contributed by atoms with Crippen molar-refractivity contribution in [2.45, 2.75) is 40.0 Å². The molecule has 0 aromatic rings. The average Bonchev–Trinajstić information content (AvgIpc) is 2.80. The normalized spacial score (nSPS) is 30.6. The first kappa shape index (κ1) is 14.7. The first-order chi connectivity index (χ1) is 9.00. The smallest absolute Gasteiger partial charge is 0.223 e. The highest BCUT2D eigenvalue weighted by Crippen LogP contribution is 2.43. The third kappa shape index (κ3) is 3.65. The lowest BCUT2D eigenvalue weighted by atomic mass is 9.64. The van der Waals surface area contributed by atoms with Gasteiger partial charge in [0.05, 0.1) is 0 Å². The standard InChI is InChI=1S/C16H27NOS/c1-13-7-6-8-16(2,3)14(13)15(18)17-9-12-19-10-4-5-11-19/h4-5,10-11,13-14,19H,6-9,12H2,1-3H3,(H,17,18)/t13-,14-/m1/s1. The van der Waals surface area contributed by atoms with Gasteiger partial charge in [0.25, 0.3) is 0 Å². The molecule has 2 rings (SSSR count). The zero-order valence-electron chi connectivity index (χ0n) is 12.4. The molecular weight excluding hydrogens is 254 g/mol. The molecule has 0 aromatic carbocycles. The van der Waals surface area contributed by atoms with Crippen molar-refractivity contribution in [2.24, 2.45) is 17.3 Å². The van der Waals surface area contributed by atoms with E-state index in [1.54, 1.807) is 0 Å². The first-order valence-electron chi connectivity index (χ1n) is 7.39. The van der Waals surface area contributed by atoms with Gasteiger partial charge in [-0.3, -0.25) is 4.79 Å². The number of amides is 1. The summed E-state index contributed by atoms with van der Waals surface area (Å²) in [6.07, 6.45) is 7.85. The molecule has 0 bridgehead atoms. The summed E-state index contributed by atoms with van der Waals surface area (Å²) < 4.78 is 0. The van der Waals surface area contributed by atoms with Crippen molar-refractivity contribution in [3.8, 4) is 0 Å². The van der Waals surface area contributed by atoms with Gasteiger partial charge < -0.3 is 5.32 Å². The van der Waals surface area contributed by atoms with Crippen LogP contribution in [0.5, 0.6) is 0 Å². The van der Waals surface area contributed by atoms with E-state index in [-0.39, 0.29) is 28.1 Å². The number of carbonyl (C=O) groups excluding carboxylic acids is 1. The van der Waals surface area contributed by atoms with Gasteiger partial charge in [-0.05, 0) is 40.7 Å². The minimum absolute atomic E-state index is 0.104. The number of rotatable bonds is 4. The third-order valence-electron chi connectivity index (χ3n) is 4.51. The molecule has 1 saturated carbocycles. The van der Waals surface area contributed by atoms with Crippen molar-refractivity contribution >= 4 is 16.8 Å². The molecule has 0 aromatic heterocycles. The summed E-state index contributed by atoms with van der Waals surface area (Å²) in [4.78, 5) is 12.5. The first-order valence-corrected chi connectivity index (χ1v) is 9.06. The molecule has 2 nitrogen and oxygen atoms in total. The van der Waals surface area contributed by atoms with Gasteiger partial charge >= 0.3 is 0 Å². The Labute approximate surface area is 120 Å². The Morgan fingerprint density at radius 3 is 2.68 bits per heavy atom. The zero-order valence-corrected chi connectivity index (χ0v) is 13.2. The van der Waals surface area contributed by atoms with Crippen molar-refractivity contribution < 1.29 is 4.79 Å². The number of nitrogens with one attached hydrogen (secondary N) is 1. The molecule has 0 unspecified atom stereocenters. The van der Waals surface area contributed by atoms with Crippen LogP contribution in [-0.4, -0.2) is 18.2 Å². The highest BCUT2D eigenvalue weighted by atomic mass is 32.2. The number of carbonyl (C=O) groups is 1. The van der Waals surface area contributed by atoms with Crippen LogP contribution in [0.3, 0.4) is 0 Å². The van der Waals surface area contributed by atoms with Crippen molar-refractivity contribution in [2.75, 3.05) is 12.3 Å². The molecule has 3 heteroatoms. The molecule has 19 heavy (non-hydrogen) atoms. The van der Waals surface area contributed by atoms with E-state index in [2.05, 4.69) is 49.1 Å². The fourth-order valence-corrected chi connectivity index (χ4v) is 4.93.